The van der Waals surface area contributed by atoms with Gasteiger partial charge in [0.1, 0.15) is 23.6 Å². The number of amides is 2. The Kier molecular flexibility index (Phi) is 6.80. The molecule has 0 unspecified atom stereocenters. The lowest BCUT2D eigenvalue weighted by atomic mass is 10.1. The molecule has 0 aliphatic rings. The third kappa shape index (κ3) is 5.50. The van der Waals surface area contributed by atoms with Crippen molar-refractivity contribution >= 4 is 28.4 Å². The number of anilines is 1. The lowest BCUT2D eigenvalue weighted by Crippen LogP contribution is -2.22. The Labute approximate surface area is 212 Å². The van der Waals surface area contributed by atoms with Crippen LogP contribution in [0.3, 0.4) is 0 Å². The number of nitrogens with two attached hydrogens (primary N) is 1. The first-order valence-electron chi connectivity index (χ1n) is 11.4. The van der Waals surface area contributed by atoms with Crippen LogP contribution in [0, 0.1) is 12.7 Å². The molecule has 0 radical (unpaired) electrons. The summed E-state index contributed by atoms with van der Waals surface area (Å²) in [4.78, 5) is 32.7. The highest BCUT2D eigenvalue weighted by molar-refractivity contribution is 6.01. The van der Waals surface area contributed by atoms with E-state index in [-0.39, 0.29) is 46.4 Å². The molecule has 10 nitrogen and oxygen atoms in total. The summed E-state index contributed by atoms with van der Waals surface area (Å²) in [6, 6.07) is 5.76. The van der Waals surface area contributed by atoms with Crippen LogP contribution in [0.5, 0.6) is 17.4 Å². The van der Waals surface area contributed by atoms with Crippen LogP contribution in [0.25, 0.3) is 10.9 Å². The van der Waals surface area contributed by atoms with Gasteiger partial charge in [0.2, 0.25) is 11.8 Å². The maximum absolute atomic E-state index is 15.0. The number of aromatic nitrogens is 4. The second-order valence-corrected chi connectivity index (χ2v) is 9.49. The van der Waals surface area contributed by atoms with Crippen molar-refractivity contribution in [2.45, 2.75) is 39.7 Å². The highest BCUT2D eigenvalue weighted by Crippen LogP contribution is 2.33. The van der Waals surface area contributed by atoms with Crippen LogP contribution in [0.2, 0.25) is 0 Å². The number of carbonyl (C=O) groups excluding carboxylic acids is 2. The Morgan fingerprint density at radius 1 is 1.14 bits per heavy atom. The number of primary amides is 1. The third-order valence-electron chi connectivity index (χ3n) is 5.64. The summed E-state index contributed by atoms with van der Waals surface area (Å²) in [6.45, 7) is 7.70. The van der Waals surface area contributed by atoms with Crippen molar-refractivity contribution in [1.29, 1.82) is 0 Å². The number of ether oxygens (including phenoxy) is 2. The Hall–Kier alpha value is -4.54. The van der Waals surface area contributed by atoms with Crippen molar-refractivity contribution in [1.82, 2.24) is 19.7 Å². The van der Waals surface area contributed by atoms with Gasteiger partial charge in [0.05, 0.1) is 47.4 Å². The number of carbonyl (C=O) groups is 2. The number of methoxy groups -OCH3 is 1. The number of rotatable bonds is 7. The average Bonchev–Trinajstić information content (AvgIpc) is 3.30. The van der Waals surface area contributed by atoms with Crippen molar-refractivity contribution < 1.29 is 23.5 Å². The van der Waals surface area contributed by atoms with Crippen LogP contribution in [-0.4, -0.2) is 38.7 Å². The van der Waals surface area contributed by atoms with Crippen LogP contribution in [-0.2, 0) is 16.8 Å². The van der Waals surface area contributed by atoms with Crippen molar-refractivity contribution in [3.63, 3.8) is 0 Å². The number of benzene rings is 2. The van der Waals surface area contributed by atoms with Crippen molar-refractivity contribution in [2.75, 3.05) is 12.4 Å². The van der Waals surface area contributed by atoms with Crippen molar-refractivity contribution in [3.05, 3.63) is 65.5 Å². The molecule has 0 spiro atoms. The summed E-state index contributed by atoms with van der Waals surface area (Å²) in [7, 11) is 1.42. The van der Waals surface area contributed by atoms with E-state index in [1.54, 1.807) is 36.1 Å². The summed E-state index contributed by atoms with van der Waals surface area (Å²) < 4.78 is 27.8. The van der Waals surface area contributed by atoms with Crippen LogP contribution in [0.4, 0.5) is 10.1 Å². The SMILES string of the molecule is COc1cc2ncnc(Oc3cc(F)c(CC(=O)Nc4cnn(C(C)(C)C)c4)cc3C)c2cc1C(N)=O. The summed E-state index contributed by atoms with van der Waals surface area (Å²) in [5.74, 6) is -1.11. The molecule has 0 fully saturated rings. The lowest BCUT2D eigenvalue weighted by Gasteiger charge is -2.18. The number of hydrogen-bond donors (Lipinski definition) is 2. The van der Waals surface area contributed by atoms with Gasteiger partial charge in [0.25, 0.3) is 5.91 Å². The molecule has 2 aromatic carbocycles. The van der Waals surface area contributed by atoms with Gasteiger partial charge in [-0.3, -0.25) is 14.3 Å². The van der Waals surface area contributed by atoms with Gasteiger partial charge in [-0.05, 0) is 51.0 Å². The standard InChI is InChI=1S/C26H27FN6O4/c1-14-6-15(7-23(34)32-16-11-31-33(12-16)26(2,3)4)19(27)9-21(14)37-25-17-8-18(24(28)35)22(36-5)10-20(17)29-13-30-25/h6,8-13H,7H2,1-5H3,(H2,28,35)(H,32,34). The first-order valence-corrected chi connectivity index (χ1v) is 11.4. The maximum atomic E-state index is 15.0. The fraction of sp³-hybridized carbons (Fsp3) is 0.269. The lowest BCUT2D eigenvalue weighted by molar-refractivity contribution is -0.115. The molecule has 2 amide bonds. The average molecular weight is 507 g/mol. The normalized spacial score (nSPS) is 11.4. The summed E-state index contributed by atoms with van der Waals surface area (Å²) in [6.07, 6.45) is 4.38. The second kappa shape index (κ2) is 9.84. The fourth-order valence-electron chi connectivity index (χ4n) is 3.71. The predicted octanol–water partition coefficient (Wildman–Crippen LogP) is 4.11. The summed E-state index contributed by atoms with van der Waals surface area (Å²) in [5, 5.41) is 7.39. The second-order valence-electron chi connectivity index (χ2n) is 9.49. The minimum atomic E-state index is -0.691. The van der Waals surface area contributed by atoms with E-state index in [1.165, 1.54) is 25.6 Å². The first kappa shape index (κ1) is 25.5. The molecule has 3 N–H and O–H groups in total. The third-order valence-corrected chi connectivity index (χ3v) is 5.64. The molecule has 2 aromatic heterocycles. The van der Waals surface area contributed by atoms with Crippen LogP contribution in [0.15, 0.2) is 43.0 Å². The molecule has 0 aliphatic carbocycles. The number of halogens is 1. The molecule has 2 heterocycles. The largest absolute Gasteiger partial charge is 0.496 e. The van der Waals surface area contributed by atoms with Gasteiger partial charge >= 0.3 is 0 Å². The molecule has 0 aliphatic heterocycles. The van der Waals surface area contributed by atoms with Gasteiger partial charge in [-0.2, -0.15) is 5.10 Å². The first-order chi connectivity index (χ1) is 17.5. The maximum Gasteiger partial charge on any atom is 0.252 e. The molecular weight excluding hydrogens is 479 g/mol. The van der Waals surface area contributed by atoms with Crippen molar-refractivity contribution in [2.24, 2.45) is 5.73 Å². The van der Waals surface area contributed by atoms with E-state index in [4.69, 9.17) is 15.2 Å². The predicted molar refractivity (Wildman–Crippen MR) is 135 cm³/mol. The molecule has 37 heavy (non-hydrogen) atoms. The number of hydrogen-bond acceptors (Lipinski definition) is 7. The number of nitrogens with zero attached hydrogens (tertiary/aromatic N) is 4. The van der Waals surface area contributed by atoms with Gasteiger partial charge in [-0.1, -0.05) is 0 Å². The van der Waals surface area contributed by atoms with E-state index in [1.807, 2.05) is 20.8 Å². The zero-order valence-electron chi connectivity index (χ0n) is 21.1. The van der Waals surface area contributed by atoms with E-state index in [0.717, 1.165) is 0 Å². The topological polar surface area (TPSA) is 134 Å². The molecule has 4 rings (SSSR count). The quantitative estimate of drug-likeness (QED) is 0.385. The summed E-state index contributed by atoms with van der Waals surface area (Å²) in [5.41, 5.74) is 7.14. The summed E-state index contributed by atoms with van der Waals surface area (Å²) >= 11 is 0. The zero-order valence-corrected chi connectivity index (χ0v) is 21.1. The molecule has 0 saturated heterocycles. The van der Waals surface area contributed by atoms with Gasteiger partial charge in [0, 0.05) is 18.3 Å². The van der Waals surface area contributed by atoms with Gasteiger partial charge in [0.15, 0.2) is 0 Å². The molecule has 11 heteroatoms. The molecule has 4 aromatic rings. The number of fused-ring (bicyclic) bond motifs is 1. The molecular formula is C26H27FN6O4. The Bertz CT molecular complexity index is 1510. The minimum Gasteiger partial charge on any atom is -0.496 e. The smallest absolute Gasteiger partial charge is 0.252 e. The van der Waals surface area contributed by atoms with Gasteiger partial charge < -0.3 is 20.5 Å². The Morgan fingerprint density at radius 2 is 1.89 bits per heavy atom. The minimum absolute atomic E-state index is 0.110. The van der Waals surface area contributed by atoms with E-state index >= 15 is 0 Å². The van der Waals surface area contributed by atoms with Crippen LogP contribution < -0.4 is 20.5 Å². The van der Waals surface area contributed by atoms with Crippen LogP contribution in [0.1, 0.15) is 42.3 Å². The van der Waals surface area contributed by atoms with Crippen molar-refractivity contribution in [3.8, 4) is 17.4 Å². The molecule has 0 atom stereocenters. The monoisotopic (exact) mass is 506 g/mol. The fourth-order valence-corrected chi connectivity index (χ4v) is 3.71. The number of aryl methyl sites for hydroxylation is 1. The van der Waals surface area contributed by atoms with Gasteiger partial charge in [-0.15, -0.1) is 0 Å². The molecule has 192 valence electrons. The number of nitrogens with one attached hydrogen (secondary N) is 1. The Morgan fingerprint density at radius 3 is 2.54 bits per heavy atom. The Balaban J connectivity index is 1.56. The molecule has 0 saturated carbocycles. The van der Waals surface area contributed by atoms with E-state index < -0.39 is 11.7 Å². The van der Waals surface area contributed by atoms with E-state index in [2.05, 4.69) is 20.4 Å². The van der Waals surface area contributed by atoms with E-state index in [0.29, 0.717) is 22.2 Å². The van der Waals surface area contributed by atoms with E-state index in [9.17, 15) is 14.0 Å². The van der Waals surface area contributed by atoms with Gasteiger partial charge in [-0.25, -0.2) is 14.4 Å². The highest BCUT2D eigenvalue weighted by Gasteiger charge is 2.19. The zero-order chi connectivity index (χ0) is 26.9. The highest BCUT2D eigenvalue weighted by atomic mass is 19.1. The molecule has 0 bridgehead atoms. The van der Waals surface area contributed by atoms with Crippen LogP contribution >= 0.6 is 0 Å².